The zero-order valence-electron chi connectivity index (χ0n) is 7.12. The van der Waals surface area contributed by atoms with Crippen molar-refractivity contribution in [1.29, 1.82) is 0 Å². The number of aliphatic hydroxyl groups excluding tert-OH is 1. The monoisotopic (exact) mass is 186 g/mol. The third-order valence-corrected chi connectivity index (χ3v) is 4.94. The molecule has 0 aromatic carbocycles. The Labute approximate surface area is 78.1 Å². The van der Waals surface area contributed by atoms with Gasteiger partial charge in [-0.25, -0.2) is 0 Å². The standard InChI is InChI=1S/C10H15ClO/c11-9-6-1-5-2-7(4-6)10(12)8(9)3-5/h5-10,12H,1-4H2/t5?,6?,7?,8?,9-,10+/m1/s1. The quantitative estimate of drug-likeness (QED) is 0.574. The molecule has 4 unspecified atom stereocenters. The fraction of sp³-hybridized carbons (Fsp3) is 1.00. The second-order valence-corrected chi connectivity index (χ2v) is 5.43. The summed E-state index contributed by atoms with van der Waals surface area (Å²) in [7, 11) is 0. The van der Waals surface area contributed by atoms with Gasteiger partial charge in [0.15, 0.2) is 0 Å². The summed E-state index contributed by atoms with van der Waals surface area (Å²) in [5.74, 6) is 2.67. The molecule has 4 aliphatic rings. The molecule has 6 atom stereocenters. The van der Waals surface area contributed by atoms with Crippen LogP contribution in [0.4, 0.5) is 0 Å². The third kappa shape index (κ3) is 0.843. The normalized spacial score (nSPS) is 62.5. The van der Waals surface area contributed by atoms with Crippen LogP contribution in [0, 0.1) is 23.7 Å². The van der Waals surface area contributed by atoms with Crippen molar-refractivity contribution in [2.24, 2.45) is 23.7 Å². The molecule has 0 saturated heterocycles. The molecule has 0 heterocycles. The molecule has 12 heavy (non-hydrogen) atoms. The molecule has 0 aromatic heterocycles. The van der Waals surface area contributed by atoms with Crippen molar-refractivity contribution in [2.75, 3.05) is 0 Å². The van der Waals surface area contributed by atoms with E-state index in [-0.39, 0.29) is 11.5 Å². The minimum Gasteiger partial charge on any atom is -0.392 e. The van der Waals surface area contributed by atoms with Crippen LogP contribution in [-0.2, 0) is 0 Å². The summed E-state index contributed by atoms with van der Waals surface area (Å²) in [6.45, 7) is 0. The van der Waals surface area contributed by atoms with Gasteiger partial charge in [0.05, 0.1) is 6.10 Å². The lowest BCUT2D eigenvalue weighted by Gasteiger charge is -2.55. The van der Waals surface area contributed by atoms with Gasteiger partial charge in [-0.15, -0.1) is 11.6 Å². The second kappa shape index (κ2) is 2.39. The molecule has 1 N–H and O–H groups in total. The predicted molar refractivity (Wildman–Crippen MR) is 48.1 cm³/mol. The first-order chi connectivity index (χ1) is 5.75. The first-order valence-corrected chi connectivity index (χ1v) is 5.51. The van der Waals surface area contributed by atoms with Gasteiger partial charge in [0.25, 0.3) is 0 Å². The molecule has 4 fully saturated rings. The molecule has 4 rings (SSSR count). The highest BCUT2D eigenvalue weighted by Gasteiger charge is 2.52. The summed E-state index contributed by atoms with van der Waals surface area (Å²) in [5, 5.41) is 10.2. The zero-order valence-corrected chi connectivity index (χ0v) is 7.87. The van der Waals surface area contributed by atoms with Crippen LogP contribution < -0.4 is 0 Å². The fourth-order valence-corrected chi connectivity index (χ4v) is 4.26. The van der Waals surface area contributed by atoms with Crippen LogP contribution in [0.3, 0.4) is 0 Å². The van der Waals surface area contributed by atoms with Crippen LogP contribution >= 0.6 is 11.6 Å². The lowest BCUT2D eigenvalue weighted by molar-refractivity contribution is -0.0886. The number of hydrogen-bond acceptors (Lipinski definition) is 1. The molecule has 4 aliphatic carbocycles. The molecule has 68 valence electrons. The Morgan fingerprint density at radius 1 is 1.00 bits per heavy atom. The Morgan fingerprint density at radius 2 is 1.75 bits per heavy atom. The highest BCUT2D eigenvalue weighted by atomic mass is 35.5. The average Bonchev–Trinajstić information content (AvgIpc) is 2.07. The van der Waals surface area contributed by atoms with Gasteiger partial charge in [0, 0.05) is 11.3 Å². The molecular formula is C10H15ClO. The van der Waals surface area contributed by atoms with Crippen molar-refractivity contribution in [2.45, 2.75) is 37.2 Å². The van der Waals surface area contributed by atoms with Crippen molar-refractivity contribution >= 4 is 11.6 Å². The summed E-state index contributed by atoms with van der Waals surface area (Å²) in [6, 6.07) is 0. The van der Waals surface area contributed by atoms with E-state index in [0.717, 1.165) is 11.8 Å². The van der Waals surface area contributed by atoms with E-state index < -0.39 is 0 Å². The minimum atomic E-state index is -0.0692. The van der Waals surface area contributed by atoms with Crippen LogP contribution in [0.25, 0.3) is 0 Å². The molecule has 2 heteroatoms. The zero-order chi connectivity index (χ0) is 8.29. The molecule has 4 saturated carbocycles. The maximum absolute atomic E-state index is 9.91. The van der Waals surface area contributed by atoms with E-state index in [1.165, 1.54) is 25.7 Å². The van der Waals surface area contributed by atoms with Gasteiger partial charge in [-0.3, -0.25) is 0 Å². The Bertz CT molecular complexity index is 188. The summed E-state index contributed by atoms with van der Waals surface area (Å²) in [6.07, 6.45) is 4.94. The van der Waals surface area contributed by atoms with Crippen LogP contribution in [0.5, 0.6) is 0 Å². The Hall–Kier alpha value is 0.250. The van der Waals surface area contributed by atoms with Crippen LogP contribution in [0.15, 0.2) is 0 Å². The van der Waals surface area contributed by atoms with Gasteiger partial charge >= 0.3 is 0 Å². The van der Waals surface area contributed by atoms with Gasteiger partial charge in [0.1, 0.15) is 0 Å². The number of rotatable bonds is 0. The van der Waals surface area contributed by atoms with Gasteiger partial charge in [0.2, 0.25) is 0 Å². The summed E-state index contributed by atoms with van der Waals surface area (Å²) < 4.78 is 0. The Morgan fingerprint density at radius 3 is 2.58 bits per heavy atom. The lowest BCUT2D eigenvalue weighted by Crippen LogP contribution is -2.54. The molecule has 0 spiro atoms. The summed E-state index contributed by atoms with van der Waals surface area (Å²) in [5.41, 5.74) is 0. The maximum Gasteiger partial charge on any atom is 0.0611 e. The molecule has 4 bridgehead atoms. The van der Waals surface area contributed by atoms with Crippen LogP contribution in [0.1, 0.15) is 25.7 Å². The van der Waals surface area contributed by atoms with Gasteiger partial charge in [-0.1, -0.05) is 0 Å². The number of alkyl halides is 1. The van der Waals surface area contributed by atoms with E-state index in [9.17, 15) is 5.11 Å². The first kappa shape index (κ1) is 7.64. The van der Waals surface area contributed by atoms with Crippen molar-refractivity contribution < 1.29 is 5.11 Å². The Balaban J connectivity index is 1.93. The number of hydrogen-bond donors (Lipinski definition) is 1. The predicted octanol–water partition coefficient (Wildman–Crippen LogP) is 2.02. The van der Waals surface area contributed by atoms with E-state index in [1.54, 1.807) is 0 Å². The maximum atomic E-state index is 9.91. The average molecular weight is 187 g/mol. The third-order valence-electron chi connectivity index (χ3n) is 4.26. The lowest BCUT2D eigenvalue weighted by atomic mass is 9.55. The number of aliphatic hydroxyl groups is 1. The number of halogens is 1. The molecular weight excluding hydrogens is 172 g/mol. The smallest absolute Gasteiger partial charge is 0.0611 e. The summed E-state index contributed by atoms with van der Waals surface area (Å²) in [4.78, 5) is 0. The van der Waals surface area contributed by atoms with E-state index in [1.807, 2.05) is 0 Å². The van der Waals surface area contributed by atoms with E-state index in [4.69, 9.17) is 11.6 Å². The molecule has 0 aromatic rings. The Kier molecular flexibility index (Phi) is 1.52. The van der Waals surface area contributed by atoms with E-state index in [0.29, 0.717) is 11.8 Å². The van der Waals surface area contributed by atoms with E-state index in [2.05, 4.69) is 0 Å². The van der Waals surface area contributed by atoms with Gasteiger partial charge < -0.3 is 5.11 Å². The van der Waals surface area contributed by atoms with Crippen molar-refractivity contribution in [3.8, 4) is 0 Å². The molecule has 1 nitrogen and oxygen atoms in total. The highest BCUT2D eigenvalue weighted by Crippen LogP contribution is 2.55. The van der Waals surface area contributed by atoms with Gasteiger partial charge in [-0.05, 0) is 43.4 Å². The topological polar surface area (TPSA) is 20.2 Å². The summed E-state index contributed by atoms with van der Waals surface area (Å²) >= 11 is 6.31. The SMILES string of the molecule is O[C@H]1C2CC3CC(C2)[C@@H](Cl)C1C3. The van der Waals surface area contributed by atoms with Crippen LogP contribution in [0.2, 0.25) is 0 Å². The van der Waals surface area contributed by atoms with Crippen LogP contribution in [-0.4, -0.2) is 16.6 Å². The molecule has 0 radical (unpaired) electrons. The van der Waals surface area contributed by atoms with Gasteiger partial charge in [-0.2, -0.15) is 0 Å². The highest BCUT2D eigenvalue weighted by molar-refractivity contribution is 6.21. The first-order valence-electron chi connectivity index (χ1n) is 5.08. The van der Waals surface area contributed by atoms with Crippen molar-refractivity contribution in [3.05, 3.63) is 0 Å². The van der Waals surface area contributed by atoms with Crippen molar-refractivity contribution in [1.82, 2.24) is 0 Å². The largest absolute Gasteiger partial charge is 0.392 e. The van der Waals surface area contributed by atoms with Crippen molar-refractivity contribution in [3.63, 3.8) is 0 Å². The fourth-order valence-electron chi connectivity index (χ4n) is 3.81. The molecule has 0 amide bonds. The minimum absolute atomic E-state index is 0.0692. The van der Waals surface area contributed by atoms with E-state index >= 15 is 0 Å². The molecule has 0 aliphatic heterocycles. The second-order valence-electron chi connectivity index (χ2n) is 4.93.